The maximum atomic E-state index is 10.9. The summed E-state index contributed by atoms with van der Waals surface area (Å²) >= 11 is 3.39. The first kappa shape index (κ1) is 11.0. The molecular weight excluding hydrogens is 272 g/mol. The number of rotatable bonds is 2. The second kappa shape index (κ2) is 4.19. The topological polar surface area (TPSA) is 76.2 Å². The zero-order valence-corrected chi connectivity index (χ0v) is 9.81. The number of hydrogen-bond acceptors (Lipinski definition) is 3. The number of carbonyl (C=O) groups is 1. The molecule has 4 nitrogen and oxygen atoms in total. The summed E-state index contributed by atoms with van der Waals surface area (Å²) in [5.74, 6) is -1.06. The van der Waals surface area contributed by atoms with Gasteiger partial charge in [-0.2, -0.15) is 0 Å². The SMILES string of the molecule is NC(C(=O)O)c1ccc(Br)c2cccnc12. The third-order valence-corrected chi connectivity index (χ3v) is 3.04. The van der Waals surface area contributed by atoms with Crippen LogP contribution in [0.5, 0.6) is 0 Å². The first-order valence-electron chi connectivity index (χ1n) is 4.63. The Morgan fingerprint density at radius 3 is 2.88 bits per heavy atom. The first-order valence-corrected chi connectivity index (χ1v) is 5.42. The Kier molecular flexibility index (Phi) is 2.89. The van der Waals surface area contributed by atoms with Gasteiger partial charge in [0.15, 0.2) is 0 Å². The fraction of sp³-hybridized carbons (Fsp3) is 0.0909. The lowest BCUT2D eigenvalue weighted by molar-refractivity contribution is -0.138. The minimum atomic E-state index is -1.06. The standard InChI is InChI=1S/C11H9BrN2O2/c12-8-4-3-7(9(13)11(15)16)10-6(8)2-1-5-14-10/h1-5,9H,13H2,(H,15,16). The molecule has 0 aliphatic rings. The van der Waals surface area contributed by atoms with Crippen LogP contribution in [0, 0.1) is 0 Å². The van der Waals surface area contributed by atoms with E-state index in [2.05, 4.69) is 20.9 Å². The van der Waals surface area contributed by atoms with E-state index in [1.807, 2.05) is 6.07 Å². The summed E-state index contributed by atoms with van der Waals surface area (Å²) < 4.78 is 0.872. The molecule has 0 bridgehead atoms. The molecule has 0 spiro atoms. The van der Waals surface area contributed by atoms with Gasteiger partial charge in [-0.25, -0.2) is 0 Å². The molecule has 3 N–H and O–H groups in total. The fourth-order valence-corrected chi connectivity index (χ4v) is 2.00. The molecule has 1 aromatic heterocycles. The minimum absolute atomic E-state index is 0.520. The highest BCUT2D eigenvalue weighted by molar-refractivity contribution is 9.10. The first-order chi connectivity index (χ1) is 7.61. The Morgan fingerprint density at radius 1 is 1.44 bits per heavy atom. The van der Waals surface area contributed by atoms with Crippen molar-refractivity contribution in [1.82, 2.24) is 4.98 Å². The summed E-state index contributed by atoms with van der Waals surface area (Å²) in [5, 5.41) is 9.76. The van der Waals surface area contributed by atoms with Crippen molar-refractivity contribution in [3.63, 3.8) is 0 Å². The summed E-state index contributed by atoms with van der Waals surface area (Å²) in [7, 11) is 0. The predicted octanol–water partition coefficient (Wildman–Crippen LogP) is 2.08. The molecule has 5 heteroatoms. The highest BCUT2D eigenvalue weighted by Crippen LogP contribution is 2.27. The Balaban J connectivity index is 2.72. The van der Waals surface area contributed by atoms with Crippen LogP contribution >= 0.6 is 15.9 Å². The van der Waals surface area contributed by atoms with Crippen LogP contribution in [0.15, 0.2) is 34.9 Å². The Labute approximate surface area is 100 Å². The number of halogens is 1. The van der Waals surface area contributed by atoms with Crippen LogP contribution in [0.1, 0.15) is 11.6 Å². The second-order valence-electron chi connectivity index (χ2n) is 3.35. The van der Waals surface area contributed by atoms with Crippen molar-refractivity contribution < 1.29 is 9.90 Å². The summed E-state index contributed by atoms with van der Waals surface area (Å²) in [6.45, 7) is 0. The number of carboxylic acids is 1. The van der Waals surface area contributed by atoms with Gasteiger partial charge in [-0.15, -0.1) is 0 Å². The molecule has 0 fully saturated rings. The lowest BCUT2D eigenvalue weighted by Gasteiger charge is -2.10. The molecule has 1 aromatic carbocycles. The van der Waals surface area contributed by atoms with Gasteiger partial charge < -0.3 is 10.8 Å². The lowest BCUT2D eigenvalue weighted by atomic mass is 10.0. The number of nitrogens with two attached hydrogens (primary N) is 1. The van der Waals surface area contributed by atoms with E-state index in [0.717, 1.165) is 9.86 Å². The number of aromatic nitrogens is 1. The number of hydrogen-bond donors (Lipinski definition) is 2. The van der Waals surface area contributed by atoms with Gasteiger partial charge in [0.25, 0.3) is 0 Å². The van der Waals surface area contributed by atoms with Gasteiger partial charge in [-0.3, -0.25) is 9.78 Å². The number of nitrogens with zero attached hydrogens (tertiary/aromatic N) is 1. The number of benzene rings is 1. The van der Waals surface area contributed by atoms with Crippen LogP contribution in [-0.4, -0.2) is 16.1 Å². The molecule has 1 unspecified atom stereocenters. The molecule has 0 saturated carbocycles. The van der Waals surface area contributed by atoms with E-state index >= 15 is 0 Å². The molecular formula is C11H9BrN2O2. The van der Waals surface area contributed by atoms with E-state index in [1.165, 1.54) is 0 Å². The quantitative estimate of drug-likeness (QED) is 0.883. The molecule has 0 aliphatic heterocycles. The summed E-state index contributed by atoms with van der Waals surface area (Å²) in [4.78, 5) is 15.0. The Hall–Kier alpha value is -1.46. The number of carboxylic acid groups (broad SMARTS) is 1. The highest BCUT2D eigenvalue weighted by atomic mass is 79.9. The van der Waals surface area contributed by atoms with Crippen molar-refractivity contribution in [2.75, 3.05) is 0 Å². The molecule has 0 radical (unpaired) electrons. The van der Waals surface area contributed by atoms with Crippen molar-refractivity contribution in [1.29, 1.82) is 0 Å². The molecule has 0 aliphatic carbocycles. The van der Waals surface area contributed by atoms with Crippen molar-refractivity contribution >= 4 is 32.8 Å². The molecule has 2 rings (SSSR count). The molecule has 1 heterocycles. The van der Waals surface area contributed by atoms with Crippen LogP contribution in [0.3, 0.4) is 0 Å². The van der Waals surface area contributed by atoms with E-state index in [-0.39, 0.29) is 0 Å². The Bertz CT molecular complexity index is 557. The predicted molar refractivity (Wildman–Crippen MR) is 64.0 cm³/mol. The second-order valence-corrected chi connectivity index (χ2v) is 4.21. The third-order valence-electron chi connectivity index (χ3n) is 2.35. The monoisotopic (exact) mass is 280 g/mol. The zero-order chi connectivity index (χ0) is 11.7. The van der Waals surface area contributed by atoms with Crippen molar-refractivity contribution in [3.8, 4) is 0 Å². The maximum Gasteiger partial charge on any atom is 0.325 e. The van der Waals surface area contributed by atoms with Crippen molar-refractivity contribution in [2.24, 2.45) is 5.73 Å². The molecule has 0 amide bonds. The number of fused-ring (bicyclic) bond motifs is 1. The molecule has 0 saturated heterocycles. The van der Waals surface area contributed by atoms with Gasteiger partial charge in [0.1, 0.15) is 6.04 Å². The third kappa shape index (κ3) is 1.79. The van der Waals surface area contributed by atoms with Gasteiger partial charge in [-0.1, -0.05) is 28.1 Å². The van der Waals surface area contributed by atoms with E-state index < -0.39 is 12.0 Å². The number of aliphatic carboxylic acids is 1. The van der Waals surface area contributed by atoms with Crippen LogP contribution in [0.2, 0.25) is 0 Å². The van der Waals surface area contributed by atoms with Gasteiger partial charge in [0.05, 0.1) is 5.52 Å². The van der Waals surface area contributed by atoms with Gasteiger partial charge in [0.2, 0.25) is 0 Å². The smallest absolute Gasteiger partial charge is 0.325 e. The van der Waals surface area contributed by atoms with Crippen molar-refractivity contribution in [2.45, 2.75) is 6.04 Å². The van der Waals surface area contributed by atoms with E-state index in [0.29, 0.717) is 11.1 Å². The van der Waals surface area contributed by atoms with Crippen molar-refractivity contribution in [3.05, 3.63) is 40.5 Å². The average molecular weight is 281 g/mol. The normalized spacial score (nSPS) is 12.6. The molecule has 16 heavy (non-hydrogen) atoms. The molecule has 2 aromatic rings. The summed E-state index contributed by atoms with van der Waals surface area (Å²) in [6, 6.07) is 6.07. The van der Waals surface area contributed by atoms with Crippen LogP contribution in [0.4, 0.5) is 0 Å². The minimum Gasteiger partial charge on any atom is -0.480 e. The largest absolute Gasteiger partial charge is 0.480 e. The van der Waals surface area contributed by atoms with E-state index in [9.17, 15) is 4.79 Å². The maximum absolute atomic E-state index is 10.9. The van der Waals surface area contributed by atoms with Gasteiger partial charge in [0, 0.05) is 21.6 Å². The Morgan fingerprint density at radius 2 is 2.19 bits per heavy atom. The number of pyridine rings is 1. The average Bonchev–Trinajstić information content (AvgIpc) is 2.29. The van der Waals surface area contributed by atoms with Gasteiger partial charge in [-0.05, 0) is 12.1 Å². The van der Waals surface area contributed by atoms with Crippen LogP contribution in [-0.2, 0) is 4.79 Å². The zero-order valence-electron chi connectivity index (χ0n) is 8.22. The van der Waals surface area contributed by atoms with E-state index in [1.54, 1.807) is 24.4 Å². The van der Waals surface area contributed by atoms with E-state index in [4.69, 9.17) is 10.8 Å². The van der Waals surface area contributed by atoms with Crippen LogP contribution in [0.25, 0.3) is 10.9 Å². The fourth-order valence-electron chi connectivity index (χ4n) is 1.54. The van der Waals surface area contributed by atoms with Crippen LogP contribution < -0.4 is 5.73 Å². The molecule has 82 valence electrons. The lowest BCUT2D eigenvalue weighted by Crippen LogP contribution is -2.21. The summed E-state index contributed by atoms with van der Waals surface area (Å²) in [6.07, 6.45) is 1.62. The molecule has 1 atom stereocenters. The highest BCUT2D eigenvalue weighted by Gasteiger charge is 2.18. The van der Waals surface area contributed by atoms with Gasteiger partial charge >= 0.3 is 5.97 Å². The summed E-state index contributed by atoms with van der Waals surface area (Å²) in [5.41, 5.74) is 6.74.